The van der Waals surface area contributed by atoms with Gasteiger partial charge in [0.15, 0.2) is 11.6 Å². The predicted molar refractivity (Wildman–Crippen MR) is 103 cm³/mol. The Morgan fingerprint density at radius 2 is 1.70 bits per heavy atom. The average Bonchev–Trinajstić information content (AvgIpc) is 3.10. The minimum absolute atomic E-state index is 0.100. The van der Waals surface area contributed by atoms with Gasteiger partial charge in [-0.3, -0.25) is 14.5 Å². The number of aromatic amines is 1. The highest BCUT2D eigenvalue weighted by Crippen LogP contribution is 2.32. The molecule has 0 spiro atoms. The molecule has 0 radical (unpaired) electrons. The summed E-state index contributed by atoms with van der Waals surface area (Å²) in [7, 11) is 0. The molecule has 27 heavy (non-hydrogen) atoms. The molecule has 3 aromatic rings. The minimum Gasteiger partial charge on any atom is -0.341 e. The number of hydrogen-bond donors (Lipinski definition) is 1. The Kier molecular flexibility index (Phi) is 3.72. The molecule has 136 valence electrons. The molecule has 0 unspecified atom stereocenters. The first-order valence-corrected chi connectivity index (χ1v) is 9.54. The summed E-state index contributed by atoms with van der Waals surface area (Å²) in [6.45, 7) is 5.18. The third-order valence-electron chi connectivity index (χ3n) is 5.84. The second kappa shape index (κ2) is 6.13. The first-order chi connectivity index (χ1) is 13.1. The van der Waals surface area contributed by atoms with Crippen molar-refractivity contribution in [2.75, 3.05) is 13.1 Å². The van der Waals surface area contributed by atoms with E-state index in [4.69, 9.17) is 4.98 Å². The molecule has 1 aliphatic heterocycles. The van der Waals surface area contributed by atoms with Gasteiger partial charge in [0.05, 0.1) is 17.6 Å². The second-order valence-corrected chi connectivity index (χ2v) is 7.73. The zero-order valence-electron chi connectivity index (χ0n) is 15.3. The van der Waals surface area contributed by atoms with E-state index in [9.17, 15) is 9.59 Å². The zero-order valence-corrected chi connectivity index (χ0v) is 15.3. The molecule has 5 rings (SSSR count). The lowest BCUT2D eigenvalue weighted by molar-refractivity contribution is 0.0980. The predicted octanol–water partition coefficient (Wildman–Crippen LogP) is 3.57. The van der Waals surface area contributed by atoms with E-state index < -0.39 is 0 Å². The van der Waals surface area contributed by atoms with Gasteiger partial charge in [-0.15, -0.1) is 0 Å². The number of H-pyrrole nitrogens is 1. The Bertz CT molecular complexity index is 1070. The van der Waals surface area contributed by atoms with Gasteiger partial charge in [-0.2, -0.15) is 0 Å². The van der Waals surface area contributed by atoms with Gasteiger partial charge in [0, 0.05) is 16.7 Å². The van der Waals surface area contributed by atoms with Crippen LogP contribution >= 0.6 is 0 Å². The fraction of sp³-hybridized carbons (Fsp3) is 0.318. The molecule has 2 heterocycles. The number of rotatable bonds is 2. The van der Waals surface area contributed by atoms with Crippen LogP contribution in [-0.2, 0) is 6.54 Å². The number of hydrogen-bond acceptors (Lipinski definition) is 4. The van der Waals surface area contributed by atoms with E-state index in [1.54, 1.807) is 30.3 Å². The molecule has 0 amide bonds. The van der Waals surface area contributed by atoms with Crippen LogP contribution in [0.1, 0.15) is 57.4 Å². The van der Waals surface area contributed by atoms with Crippen LogP contribution < -0.4 is 0 Å². The van der Waals surface area contributed by atoms with E-state index >= 15 is 0 Å². The number of aromatic nitrogens is 2. The lowest BCUT2D eigenvalue weighted by atomic mass is 9.83. The standard InChI is InChI=1S/C22H21N3O2/c1-13-8-10-25(11-9-13)12-18-23-17-7-6-16-19(20(17)24-18)22(27)15-5-3-2-4-14(15)21(16)26/h2-7,13H,8-12H2,1H3,(H,23,24). The number of ketones is 2. The topological polar surface area (TPSA) is 66.1 Å². The third-order valence-corrected chi connectivity index (χ3v) is 5.84. The van der Waals surface area contributed by atoms with Gasteiger partial charge in [-0.25, -0.2) is 4.98 Å². The lowest BCUT2D eigenvalue weighted by Crippen LogP contribution is -2.32. The maximum absolute atomic E-state index is 13.1. The quantitative estimate of drug-likeness (QED) is 0.594. The van der Waals surface area contributed by atoms with Crippen molar-refractivity contribution in [3.63, 3.8) is 0 Å². The molecule has 2 aliphatic rings. The summed E-state index contributed by atoms with van der Waals surface area (Å²) in [4.78, 5) is 36.4. The molecule has 0 saturated carbocycles. The smallest absolute Gasteiger partial charge is 0.196 e. The van der Waals surface area contributed by atoms with E-state index in [-0.39, 0.29) is 11.6 Å². The largest absolute Gasteiger partial charge is 0.341 e. The maximum Gasteiger partial charge on any atom is 0.196 e. The van der Waals surface area contributed by atoms with Crippen LogP contribution in [0.15, 0.2) is 36.4 Å². The molecule has 0 atom stereocenters. The Morgan fingerprint density at radius 1 is 1.00 bits per heavy atom. The number of carbonyl (C=O) groups is 2. The van der Waals surface area contributed by atoms with Crippen LogP contribution in [0.2, 0.25) is 0 Å². The second-order valence-electron chi connectivity index (χ2n) is 7.73. The number of likely N-dealkylation sites (tertiary alicyclic amines) is 1. The molecule has 1 N–H and O–H groups in total. The highest BCUT2D eigenvalue weighted by atomic mass is 16.1. The van der Waals surface area contributed by atoms with Crippen molar-refractivity contribution in [3.05, 3.63) is 64.5 Å². The molecule has 1 aliphatic carbocycles. The van der Waals surface area contributed by atoms with Gasteiger partial charge in [0.2, 0.25) is 0 Å². The SMILES string of the molecule is CC1CCN(Cc2nc3c4c(ccc3[nH]2)C(=O)c2ccccc2C4=O)CC1. The molecule has 5 heteroatoms. The molecule has 1 aromatic heterocycles. The Labute approximate surface area is 157 Å². The summed E-state index contributed by atoms with van der Waals surface area (Å²) < 4.78 is 0. The van der Waals surface area contributed by atoms with Crippen molar-refractivity contribution in [1.29, 1.82) is 0 Å². The van der Waals surface area contributed by atoms with Gasteiger partial charge in [0.25, 0.3) is 0 Å². The summed E-state index contributed by atoms with van der Waals surface area (Å²) >= 11 is 0. The van der Waals surface area contributed by atoms with Gasteiger partial charge in [-0.1, -0.05) is 31.2 Å². The summed E-state index contributed by atoms with van der Waals surface area (Å²) in [6.07, 6.45) is 2.42. The number of carbonyl (C=O) groups excluding carboxylic acids is 2. The van der Waals surface area contributed by atoms with Gasteiger partial charge in [0.1, 0.15) is 11.3 Å². The first kappa shape index (κ1) is 16.4. The number of nitrogens with zero attached hydrogens (tertiary/aromatic N) is 2. The summed E-state index contributed by atoms with van der Waals surface area (Å²) in [5.74, 6) is 1.42. The molecule has 1 saturated heterocycles. The maximum atomic E-state index is 13.1. The average molecular weight is 359 g/mol. The highest BCUT2D eigenvalue weighted by Gasteiger charge is 2.32. The summed E-state index contributed by atoms with van der Waals surface area (Å²) in [5.41, 5.74) is 3.27. The summed E-state index contributed by atoms with van der Waals surface area (Å²) in [5, 5.41) is 0. The molecule has 1 fully saturated rings. The van der Waals surface area contributed by atoms with Gasteiger partial charge < -0.3 is 4.98 Å². The molecule has 0 bridgehead atoms. The molecular weight excluding hydrogens is 338 g/mol. The van der Waals surface area contributed by atoms with Crippen molar-refractivity contribution in [2.45, 2.75) is 26.3 Å². The Morgan fingerprint density at radius 3 is 2.44 bits per heavy atom. The van der Waals surface area contributed by atoms with Crippen LogP contribution in [0.4, 0.5) is 0 Å². The first-order valence-electron chi connectivity index (χ1n) is 9.54. The van der Waals surface area contributed by atoms with Gasteiger partial charge >= 0.3 is 0 Å². The molecule has 2 aromatic carbocycles. The van der Waals surface area contributed by atoms with Crippen molar-refractivity contribution in [2.24, 2.45) is 5.92 Å². The van der Waals surface area contributed by atoms with E-state index in [0.717, 1.165) is 36.9 Å². The van der Waals surface area contributed by atoms with Gasteiger partial charge in [-0.05, 0) is 44.0 Å². The van der Waals surface area contributed by atoms with Crippen molar-refractivity contribution < 1.29 is 9.59 Å². The number of piperidine rings is 1. The van der Waals surface area contributed by atoms with E-state index in [1.165, 1.54) is 12.8 Å². The van der Waals surface area contributed by atoms with Crippen LogP contribution in [0, 0.1) is 5.92 Å². The number of imidazole rings is 1. The minimum atomic E-state index is -0.115. The number of benzene rings is 2. The lowest BCUT2D eigenvalue weighted by Gasteiger charge is -2.29. The zero-order chi connectivity index (χ0) is 18.5. The monoisotopic (exact) mass is 359 g/mol. The van der Waals surface area contributed by atoms with Crippen molar-refractivity contribution in [3.8, 4) is 0 Å². The number of nitrogens with one attached hydrogen (secondary N) is 1. The highest BCUT2D eigenvalue weighted by molar-refractivity contribution is 6.31. The van der Waals surface area contributed by atoms with Crippen LogP contribution in [0.25, 0.3) is 11.0 Å². The van der Waals surface area contributed by atoms with Crippen LogP contribution in [0.3, 0.4) is 0 Å². The normalized spacial score (nSPS) is 18.0. The van der Waals surface area contributed by atoms with Crippen molar-refractivity contribution >= 4 is 22.6 Å². The fourth-order valence-electron chi connectivity index (χ4n) is 4.21. The van der Waals surface area contributed by atoms with E-state index in [0.29, 0.717) is 27.8 Å². The van der Waals surface area contributed by atoms with Crippen LogP contribution in [-0.4, -0.2) is 39.5 Å². The molecule has 5 nitrogen and oxygen atoms in total. The van der Waals surface area contributed by atoms with Crippen molar-refractivity contribution in [1.82, 2.24) is 14.9 Å². The molecular formula is C22H21N3O2. The third kappa shape index (κ3) is 2.61. The Balaban J connectivity index is 1.55. The van der Waals surface area contributed by atoms with E-state index in [1.807, 2.05) is 6.07 Å². The van der Waals surface area contributed by atoms with Crippen LogP contribution in [0.5, 0.6) is 0 Å². The fourth-order valence-corrected chi connectivity index (χ4v) is 4.21. The number of fused-ring (bicyclic) bond motifs is 4. The Hall–Kier alpha value is -2.79. The summed E-state index contributed by atoms with van der Waals surface area (Å²) in [6, 6.07) is 10.6. The van der Waals surface area contributed by atoms with E-state index in [2.05, 4.69) is 16.8 Å².